The van der Waals surface area contributed by atoms with Gasteiger partial charge >= 0.3 is 0 Å². The highest BCUT2D eigenvalue weighted by atomic mass is 16.5. The zero-order chi connectivity index (χ0) is 17.5. The molecular weight excluding hydrogens is 308 g/mol. The maximum atomic E-state index is 6.16. The van der Waals surface area contributed by atoms with Gasteiger partial charge in [0.2, 0.25) is 0 Å². The first-order valence-corrected chi connectivity index (χ1v) is 9.49. The van der Waals surface area contributed by atoms with E-state index in [9.17, 15) is 0 Å². The Bertz CT molecular complexity index is 635. The van der Waals surface area contributed by atoms with Crippen LogP contribution in [0.25, 0.3) is 0 Å². The van der Waals surface area contributed by atoms with E-state index >= 15 is 0 Å². The monoisotopic (exact) mass is 338 g/mol. The van der Waals surface area contributed by atoms with Crippen LogP contribution in [0.4, 0.5) is 0 Å². The molecule has 3 rings (SSSR count). The van der Waals surface area contributed by atoms with Crippen molar-refractivity contribution < 1.29 is 4.74 Å². The summed E-state index contributed by atoms with van der Waals surface area (Å²) in [6, 6.07) is 18.8. The van der Waals surface area contributed by atoms with E-state index in [1.807, 2.05) is 24.3 Å². The van der Waals surface area contributed by atoms with Gasteiger partial charge in [-0.1, -0.05) is 49.4 Å². The van der Waals surface area contributed by atoms with Crippen molar-refractivity contribution in [1.82, 2.24) is 4.90 Å². The molecule has 0 aliphatic carbocycles. The van der Waals surface area contributed by atoms with Crippen LogP contribution < -0.4 is 10.5 Å². The lowest BCUT2D eigenvalue weighted by Crippen LogP contribution is -2.36. The summed E-state index contributed by atoms with van der Waals surface area (Å²) < 4.78 is 6.00. The third-order valence-electron chi connectivity index (χ3n) is 5.44. The lowest BCUT2D eigenvalue weighted by atomic mass is 9.80. The van der Waals surface area contributed by atoms with E-state index in [2.05, 4.69) is 42.2 Å². The molecule has 0 amide bonds. The summed E-state index contributed by atoms with van der Waals surface area (Å²) in [4.78, 5) is 2.53. The maximum Gasteiger partial charge on any atom is 0.120 e. The fourth-order valence-corrected chi connectivity index (χ4v) is 3.85. The molecule has 1 unspecified atom stereocenters. The minimum Gasteiger partial charge on any atom is -0.489 e. The lowest BCUT2D eigenvalue weighted by Gasteiger charge is -2.35. The molecule has 0 aromatic heterocycles. The Labute approximate surface area is 151 Å². The molecule has 3 heteroatoms. The van der Waals surface area contributed by atoms with Crippen LogP contribution in [0.1, 0.15) is 36.8 Å². The molecule has 1 atom stereocenters. The second kappa shape index (κ2) is 9.02. The Morgan fingerprint density at radius 3 is 2.52 bits per heavy atom. The number of piperidine rings is 1. The number of nitrogens with two attached hydrogens (primary N) is 1. The molecular formula is C22H30N2O. The topological polar surface area (TPSA) is 38.5 Å². The van der Waals surface area contributed by atoms with Crippen molar-refractivity contribution in [2.45, 2.75) is 32.3 Å². The van der Waals surface area contributed by atoms with Gasteiger partial charge in [-0.15, -0.1) is 0 Å². The largest absolute Gasteiger partial charge is 0.489 e. The summed E-state index contributed by atoms with van der Waals surface area (Å²) in [6.45, 7) is 7.10. The summed E-state index contributed by atoms with van der Waals surface area (Å²) in [7, 11) is 0. The second-order valence-electron chi connectivity index (χ2n) is 6.96. The van der Waals surface area contributed by atoms with Crippen LogP contribution in [0.2, 0.25) is 0 Å². The van der Waals surface area contributed by atoms with Gasteiger partial charge in [0, 0.05) is 0 Å². The van der Waals surface area contributed by atoms with E-state index in [-0.39, 0.29) is 0 Å². The molecule has 1 aliphatic heterocycles. The molecule has 2 N–H and O–H groups in total. The van der Waals surface area contributed by atoms with Crippen LogP contribution in [0.5, 0.6) is 5.75 Å². The van der Waals surface area contributed by atoms with Gasteiger partial charge in [0.05, 0.1) is 0 Å². The fraction of sp³-hybridized carbons (Fsp3) is 0.455. The SMILES string of the molecule is CCN1CCC(C(CN)c2cccc(OCc3ccccc3)c2)CC1. The van der Waals surface area contributed by atoms with Gasteiger partial charge in [-0.2, -0.15) is 0 Å². The Kier molecular flexibility index (Phi) is 6.48. The zero-order valence-corrected chi connectivity index (χ0v) is 15.2. The molecule has 0 spiro atoms. The van der Waals surface area contributed by atoms with Crippen molar-refractivity contribution in [2.24, 2.45) is 11.7 Å². The molecule has 1 fully saturated rings. The highest BCUT2D eigenvalue weighted by Crippen LogP contribution is 2.33. The first-order chi connectivity index (χ1) is 12.3. The van der Waals surface area contributed by atoms with Crippen LogP contribution >= 0.6 is 0 Å². The van der Waals surface area contributed by atoms with Gasteiger partial charge < -0.3 is 15.4 Å². The van der Waals surface area contributed by atoms with Crippen LogP contribution in [-0.4, -0.2) is 31.1 Å². The molecule has 134 valence electrons. The van der Waals surface area contributed by atoms with Crippen molar-refractivity contribution in [2.75, 3.05) is 26.2 Å². The Hall–Kier alpha value is -1.84. The van der Waals surface area contributed by atoms with Crippen molar-refractivity contribution in [3.63, 3.8) is 0 Å². The Balaban J connectivity index is 1.64. The van der Waals surface area contributed by atoms with Gasteiger partial charge in [-0.3, -0.25) is 0 Å². The molecule has 25 heavy (non-hydrogen) atoms. The maximum absolute atomic E-state index is 6.16. The number of ether oxygens (including phenoxy) is 1. The first kappa shape index (κ1) is 18.0. The molecule has 1 aliphatic rings. The zero-order valence-electron chi connectivity index (χ0n) is 15.2. The van der Waals surface area contributed by atoms with E-state index in [4.69, 9.17) is 10.5 Å². The molecule has 2 aromatic carbocycles. The summed E-state index contributed by atoms with van der Waals surface area (Å²) in [5.41, 5.74) is 8.68. The van der Waals surface area contributed by atoms with E-state index in [1.165, 1.54) is 37.1 Å². The smallest absolute Gasteiger partial charge is 0.120 e. The van der Waals surface area contributed by atoms with E-state index in [0.29, 0.717) is 25.0 Å². The average molecular weight is 338 g/mol. The molecule has 0 bridgehead atoms. The van der Waals surface area contributed by atoms with Gasteiger partial charge in [0.15, 0.2) is 0 Å². The van der Waals surface area contributed by atoms with Crippen molar-refractivity contribution >= 4 is 0 Å². The molecule has 0 saturated carbocycles. The van der Waals surface area contributed by atoms with Gasteiger partial charge in [-0.25, -0.2) is 0 Å². The third kappa shape index (κ3) is 4.83. The molecule has 1 heterocycles. The number of nitrogens with zero attached hydrogens (tertiary/aromatic N) is 1. The van der Waals surface area contributed by atoms with E-state index in [0.717, 1.165) is 12.3 Å². The van der Waals surface area contributed by atoms with Crippen molar-refractivity contribution in [1.29, 1.82) is 0 Å². The number of hydrogen-bond donors (Lipinski definition) is 1. The standard InChI is InChI=1S/C22H30N2O/c1-2-24-13-11-19(12-14-24)22(16-23)20-9-6-10-21(15-20)25-17-18-7-4-3-5-8-18/h3-10,15,19,22H,2,11-14,16-17,23H2,1H3. The van der Waals surface area contributed by atoms with Gasteiger partial charge in [-0.05, 0) is 74.1 Å². The molecule has 1 saturated heterocycles. The lowest BCUT2D eigenvalue weighted by molar-refractivity contribution is 0.176. The number of hydrogen-bond acceptors (Lipinski definition) is 3. The van der Waals surface area contributed by atoms with Crippen molar-refractivity contribution in [3.8, 4) is 5.75 Å². The molecule has 0 radical (unpaired) electrons. The third-order valence-corrected chi connectivity index (χ3v) is 5.44. The van der Waals surface area contributed by atoms with Gasteiger partial charge in [0.1, 0.15) is 12.4 Å². The number of benzene rings is 2. The molecule has 3 nitrogen and oxygen atoms in total. The second-order valence-corrected chi connectivity index (χ2v) is 6.96. The minimum absolute atomic E-state index is 0.430. The highest BCUT2D eigenvalue weighted by molar-refractivity contribution is 5.32. The summed E-state index contributed by atoms with van der Waals surface area (Å²) in [6.07, 6.45) is 2.48. The van der Waals surface area contributed by atoms with Crippen LogP contribution in [0.15, 0.2) is 54.6 Å². The quantitative estimate of drug-likeness (QED) is 0.828. The minimum atomic E-state index is 0.430. The van der Waals surface area contributed by atoms with Crippen LogP contribution in [-0.2, 0) is 6.61 Å². The number of likely N-dealkylation sites (tertiary alicyclic amines) is 1. The summed E-state index contributed by atoms with van der Waals surface area (Å²) >= 11 is 0. The Morgan fingerprint density at radius 2 is 1.84 bits per heavy atom. The normalized spacial score (nSPS) is 17.4. The first-order valence-electron chi connectivity index (χ1n) is 9.49. The van der Waals surface area contributed by atoms with Crippen LogP contribution in [0, 0.1) is 5.92 Å². The predicted molar refractivity (Wildman–Crippen MR) is 104 cm³/mol. The predicted octanol–water partition coefficient (Wildman–Crippen LogP) is 4.04. The van der Waals surface area contributed by atoms with Crippen LogP contribution in [0.3, 0.4) is 0 Å². The average Bonchev–Trinajstić information content (AvgIpc) is 2.69. The molecule has 2 aromatic rings. The van der Waals surface area contributed by atoms with E-state index < -0.39 is 0 Å². The van der Waals surface area contributed by atoms with Crippen molar-refractivity contribution in [3.05, 3.63) is 65.7 Å². The number of rotatable bonds is 7. The Morgan fingerprint density at radius 1 is 1.08 bits per heavy atom. The summed E-state index contributed by atoms with van der Waals surface area (Å²) in [5, 5.41) is 0. The summed E-state index contributed by atoms with van der Waals surface area (Å²) in [5.74, 6) is 2.04. The van der Waals surface area contributed by atoms with E-state index in [1.54, 1.807) is 0 Å². The fourth-order valence-electron chi connectivity index (χ4n) is 3.85. The van der Waals surface area contributed by atoms with Gasteiger partial charge in [0.25, 0.3) is 0 Å². The highest BCUT2D eigenvalue weighted by Gasteiger charge is 2.26.